The molecule has 6 nitrogen and oxygen atoms in total. The number of hydrogen-bond acceptors (Lipinski definition) is 4. The van der Waals surface area contributed by atoms with E-state index in [9.17, 15) is 23.2 Å². The molecule has 2 amide bonds. The van der Waals surface area contributed by atoms with Gasteiger partial charge in [0, 0.05) is 18.7 Å². The van der Waals surface area contributed by atoms with E-state index in [2.05, 4.69) is 10.1 Å². The van der Waals surface area contributed by atoms with Gasteiger partial charge in [-0.05, 0) is 32.9 Å². The predicted molar refractivity (Wildman–Crippen MR) is 82.2 cm³/mol. The molecule has 132 valence electrons. The molecule has 1 aromatic carbocycles. The summed E-state index contributed by atoms with van der Waals surface area (Å²) in [5.74, 6) is -3.99. The fourth-order valence-corrected chi connectivity index (χ4v) is 1.73. The Hall–Kier alpha value is -2.51. The van der Waals surface area contributed by atoms with Gasteiger partial charge in [-0.15, -0.1) is 0 Å². The molecular formula is C16H20F2N2O4. The highest BCUT2D eigenvalue weighted by Crippen LogP contribution is 2.10. The summed E-state index contributed by atoms with van der Waals surface area (Å²) < 4.78 is 30.9. The Labute approximate surface area is 138 Å². The van der Waals surface area contributed by atoms with Crippen LogP contribution in [0.25, 0.3) is 0 Å². The van der Waals surface area contributed by atoms with E-state index in [0.29, 0.717) is 6.07 Å². The van der Waals surface area contributed by atoms with Crippen LogP contribution in [0.1, 0.15) is 31.1 Å². The van der Waals surface area contributed by atoms with Crippen LogP contribution in [-0.4, -0.2) is 48.4 Å². The maximum Gasteiger partial charge on any atom is 0.341 e. The number of benzene rings is 1. The van der Waals surface area contributed by atoms with Crippen LogP contribution < -0.4 is 5.32 Å². The van der Waals surface area contributed by atoms with Crippen LogP contribution >= 0.6 is 0 Å². The van der Waals surface area contributed by atoms with Gasteiger partial charge in [-0.2, -0.15) is 0 Å². The molecule has 0 saturated carbocycles. The minimum atomic E-state index is -1.09. The summed E-state index contributed by atoms with van der Waals surface area (Å²) in [5.41, 5.74) is -0.912. The largest absolute Gasteiger partial charge is 0.452 e. The molecule has 0 unspecified atom stereocenters. The Balaban J connectivity index is 2.53. The van der Waals surface area contributed by atoms with Gasteiger partial charge in [-0.1, -0.05) is 0 Å². The molecule has 0 bridgehead atoms. The normalized spacial score (nSPS) is 10.9. The molecule has 0 spiro atoms. The third-order valence-corrected chi connectivity index (χ3v) is 2.80. The lowest BCUT2D eigenvalue weighted by Crippen LogP contribution is -2.46. The first-order valence-electron chi connectivity index (χ1n) is 7.17. The second-order valence-electron chi connectivity index (χ2n) is 6.25. The van der Waals surface area contributed by atoms with Gasteiger partial charge in [-0.3, -0.25) is 9.59 Å². The van der Waals surface area contributed by atoms with E-state index in [1.165, 1.54) is 7.05 Å². The van der Waals surface area contributed by atoms with Gasteiger partial charge < -0.3 is 15.0 Å². The summed E-state index contributed by atoms with van der Waals surface area (Å²) in [6.07, 6.45) is 0. The quantitative estimate of drug-likeness (QED) is 0.823. The standard InChI is InChI=1S/C16H20F2N2O4/c1-16(2,3)19-13(21)8-20(4)14(22)9-24-15(23)11-6-5-10(17)7-12(11)18/h5-7H,8-9H2,1-4H3,(H,19,21). The predicted octanol–water partition coefficient (Wildman–Crippen LogP) is 1.49. The number of ether oxygens (including phenoxy) is 1. The molecule has 0 aromatic heterocycles. The van der Waals surface area contributed by atoms with Crippen LogP contribution in [0, 0.1) is 11.6 Å². The third kappa shape index (κ3) is 6.31. The van der Waals surface area contributed by atoms with Crippen LogP contribution in [0.5, 0.6) is 0 Å². The molecule has 0 atom stereocenters. The van der Waals surface area contributed by atoms with E-state index in [4.69, 9.17) is 0 Å². The molecule has 0 aliphatic heterocycles. The highest BCUT2D eigenvalue weighted by Gasteiger charge is 2.20. The van der Waals surface area contributed by atoms with E-state index >= 15 is 0 Å². The Morgan fingerprint density at radius 1 is 1.21 bits per heavy atom. The van der Waals surface area contributed by atoms with Gasteiger partial charge >= 0.3 is 5.97 Å². The molecule has 8 heteroatoms. The van der Waals surface area contributed by atoms with Crippen molar-refractivity contribution in [2.75, 3.05) is 20.2 Å². The molecule has 1 aromatic rings. The number of rotatable bonds is 5. The molecule has 0 aliphatic carbocycles. The molecule has 0 fully saturated rings. The summed E-state index contributed by atoms with van der Waals surface area (Å²) in [6.45, 7) is 4.52. The number of amides is 2. The van der Waals surface area contributed by atoms with E-state index in [1.807, 2.05) is 0 Å². The second kappa shape index (κ2) is 7.85. The maximum atomic E-state index is 13.4. The third-order valence-electron chi connectivity index (χ3n) is 2.80. The van der Waals surface area contributed by atoms with E-state index in [-0.39, 0.29) is 12.5 Å². The lowest BCUT2D eigenvalue weighted by atomic mass is 10.1. The number of hydrogen-bond donors (Lipinski definition) is 1. The number of nitrogens with zero attached hydrogens (tertiary/aromatic N) is 1. The summed E-state index contributed by atoms with van der Waals surface area (Å²) in [7, 11) is 1.37. The van der Waals surface area contributed by atoms with Gasteiger partial charge in [0.05, 0.1) is 12.1 Å². The van der Waals surface area contributed by atoms with Gasteiger partial charge in [0.15, 0.2) is 6.61 Å². The van der Waals surface area contributed by atoms with Crippen molar-refractivity contribution in [1.82, 2.24) is 10.2 Å². The number of carbonyl (C=O) groups excluding carboxylic acids is 3. The zero-order valence-electron chi connectivity index (χ0n) is 14.0. The molecule has 0 aliphatic rings. The molecule has 0 saturated heterocycles. The molecule has 0 heterocycles. The fourth-order valence-electron chi connectivity index (χ4n) is 1.73. The monoisotopic (exact) mass is 342 g/mol. The number of likely N-dealkylation sites (N-methyl/N-ethyl adjacent to an activating group) is 1. The van der Waals surface area contributed by atoms with Crippen LogP contribution in [0.3, 0.4) is 0 Å². The van der Waals surface area contributed by atoms with E-state index in [1.54, 1.807) is 20.8 Å². The fraction of sp³-hybridized carbons (Fsp3) is 0.438. The lowest BCUT2D eigenvalue weighted by molar-refractivity contribution is -0.137. The van der Waals surface area contributed by atoms with Gasteiger partial charge in [0.2, 0.25) is 5.91 Å². The van der Waals surface area contributed by atoms with Crippen LogP contribution in [0.4, 0.5) is 8.78 Å². The Morgan fingerprint density at radius 3 is 2.38 bits per heavy atom. The molecule has 1 N–H and O–H groups in total. The van der Waals surface area contributed by atoms with Crippen molar-refractivity contribution in [2.45, 2.75) is 26.3 Å². The Morgan fingerprint density at radius 2 is 1.83 bits per heavy atom. The van der Waals surface area contributed by atoms with Crippen molar-refractivity contribution in [1.29, 1.82) is 0 Å². The van der Waals surface area contributed by atoms with Crippen molar-refractivity contribution in [2.24, 2.45) is 0 Å². The number of carbonyl (C=O) groups is 3. The smallest absolute Gasteiger partial charge is 0.341 e. The molecule has 0 radical (unpaired) electrons. The highest BCUT2D eigenvalue weighted by molar-refractivity contribution is 5.92. The average molecular weight is 342 g/mol. The zero-order chi connectivity index (χ0) is 18.5. The van der Waals surface area contributed by atoms with E-state index in [0.717, 1.165) is 17.0 Å². The SMILES string of the molecule is CN(CC(=O)NC(C)(C)C)C(=O)COC(=O)c1ccc(F)cc1F. The maximum absolute atomic E-state index is 13.4. The summed E-state index contributed by atoms with van der Waals surface area (Å²) in [5, 5.41) is 2.68. The van der Waals surface area contributed by atoms with Crippen molar-refractivity contribution in [3.8, 4) is 0 Å². The van der Waals surface area contributed by atoms with Crippen LogP contribution in [0.2, 0.25) is 0 Å². The average Bonchev–Trinajstić information content (AvgIpc) is 2.42. The molecule has 24 heavy (non-hydrogen) atoms. The van der Waals surface area contributed by atoms with E-state index < -0.39 is 41.2 Å². The second-order valence-corrected chi connectivity index (χ2v) is 6.25. The minimum absolute atomic E-state index is 0.210. The van der Waals surface area contributed by atoms with Crippen LogP contribution in [-0.2, 0) is 14.3 Å². The first-order chi connectivity index (χ1) is 11.0. The molecular weight excluding hydrogens is 322 g/mol. The first kappa shape index (κ1) is 19.5. The minimum Gasteiger partial charge on any atom is -0.452 e. The zero-order valence-corrected chi connectivity index (χ0v) is 14.0. The summed E-state index contributed by atoms with van der Waals surface area (Å²) >= 11 is 0. The topological polar surface area (TPSA) is 75.7 Å². The number of esters is 1. The summed E-state index contributed by atoms with van der Waals surface area (Å²) in [4.78, 5) is 36.3. The van der Waals surface area contributed by atoms with Crippen LogP contribution in [0.15, 0.2) is 18.2 Å². The van der Waals surface area contributed by atoms with Crippen molar-refractivity contribution in [3.63, 3.8) is 0 Å². The highest BCUT2D eigenvalue weighted by atomic mass is 19.1. The number of nitrogens with one attached hydrogen (secondary N) is 1. The van der Waals surface area contributed by atoms with Crippen molar-refractivity contribution in [3.05, 3.63) is 35.4 Å². The Bertz CT molecular complexity index is 641. The van der Waals surface area contributed by atoms with Gasteiger partial charge in [-0.25, -0.2) is 13.6 Å². The summed E-state index contributed by atoms with van der Waals surface area (Å²) in [6, 6.07) is 2.38. The lowest BCUT2D eigenvalue weighted by Gasteiger charge is -2.23. The van der Waals surface area contributed by atoms with Gasteiger partial charge in [0.25, 0.3) is 5.91 Å². The molecule has 1 rings (SSSR count). The van der Waals surface area contributed by atoms with Crippen molar-refractivity contribution < 1.29 is 27.9 Å². The van der Waals surface area contributed by atoms with Crippen molar-refractivity contribution >= 4 is 17.8 Å². The van der Waals surface area contributed by atoms with Gasteiger partial charge in [0.1, 0.15) is 11.6 Å². The first-order valence-corrected chi connectivity index (χ1v) is 7.17. The Kier molecular flexibility index (Phi) is 6.39. The number of halogens is 2.